The number of rotatable bonds is 2. The summed E-state index contributed by atoms with van der Waals surface area (Å²) in [5.74, 6) is 1.18. The van der Waals surface area contributed by atoms with Crippen LogP contribution in [0.1, 0.15) is 38.5 Å². The van der Waals surface area contributed by atoms with Gasteiger partial charge in [0.1, 0.15) is 0 Å². The van der Waals surface area contributed by atoms with Crippen molar-refractivity contribution in [2.75, 3.05) is 13.2 Å². The predicted octanol–water partition coefficient (Wildman–Crippen LogP) is 1.46. The molecule has 0 radical (unpaired) electrons. The lowest BCUT2D eigenvalue weighted by Crippen LogP contribution is -2.53. The third-order valence-electron chi connectivity index (χ3n) is 5.00. The Kier molecular flexibility index (Phi) is 3.09. The first kappa shape index (κ1) is 11.5. The van der Waals surface area contributed by atoms with E-state index in [1.165, 1.54) is 32.1 Å². The molecule has 3 fully saturated rings. The smallest absolute Gasteiger partial charge is 0.0775 e. The number of hydrogen-bond donors (Lipinski definition) is 2. The largest absolute Gasteiger partial charge is 0.411 e. The van der Waals surface area contributed by atoms with E-state index in [-0.39, 0.29) is 12.6 Å². The molecule has 4 atom stereocenters. The summed E-state index contributed by atoms with van der Waals surface area (Å²) in [4.78, 5) is 2.42. The molecule has 0 aromatic rings. The van der Waals surface area contributed by atoms with Crippen molar-refractivity contribution >= 4 is 5.71 Å². The number of piperidine rings is 1. The molecule has 2 N–H and O–H groups in total. The average Bonchev–Trinajstić information content (AvgIpc) is 2.98. The molecule has 0 amide bonds. The molecule has 2 bridgehead atoms. The molecule has 2 saturated carbocycles. The van der Waals surface area contributed by atoms with Crippen LogP contribution in [0.5, 0.6) is 0 Å². The van der Waals surface area contributed by atoms with E-state index in [1.54, 1.807) is 0 Å². The summed E-state index contributed by atoms with van der Waals surface area (Å²) in [6, 6.07) is 0.598. The quantitative estimate of drug-likeness (QED) is 0.565. The Bertz CT molecular complexity index is 319. The number of fused-ring (bicyclic) bond motifs is 2. The van der Waals surface area contributed by atoms with Crippen LogP contribution in [0.4, 0.5) is 0 Å². The summed E-state index contributed by atoms with van der Waals surface area (Å²) in [7, 11) is 0. The first-order valence-electron chi connectivity index (χ1n) is 6.93. The molecule has 1 aliphatic heterocycles. The van der Waals surface area contributed by atoms with Gasteiger partial charge in [0.25, 0.3) is 0 Å². The maximum Gasteiger partial charge on any atom is 0.0775 e. The number of aliphatic hydroxyl groups excluding tert-OH is 1. The van der Waals surface area contributed by atoms with Gasteiger partial charge in [0, 0.05) is 12.0 Å². The van der Waals surface area contributed by atoms with Gasteiger partial charge in [0.15, 0.2) is 0 Å². The molecule has 0 aromatic heterocycles. The van der Waals surface area contributed by atoms with Crippen LogP contribution in [0, 0.1) is 11.8 Å². The highest BCUT2D eigenvalue weighted by Gasteiger charge is 2.49. The van der Waals surface area contributed by atoms with Crippen molar-refractivity contribution < 1.29 is 10.3 Å². The Morgan fingerprint density at radius 2 is 2.12 bits per heavy atom. The van der Waals surface area contributed by atoms with Crippen LogP contribution >= 0.6 is 0 Å². The molecule has 0 spiro atoms. The van der Waals surface area contributed by atoms with E-state index in [0.29, 0.717) is 17.9 Å². The molecule has 0 aromatic carbocycles. The lowest BCUT2D eigenvalue weighted by molar-refractivity contribution is 0.0573. The second kappa shape index (κ2) is 4.58. The normalized spacial score (nSPS) is 44.6. The second-order valence-corrected chi connectivity index (χ2v) is 5.81. The van der Waals surface area contributed by atoms with Crippen LogP contribution in [0.15, 0.2) is 5.16 Å². The molecule has 1 heterocycles. The summed E-state index contributed by atoms with van der Waals surface area (Å²) in [6.45, 7) is 1.30. The SMILES string of the molecule is OCC1CCCCN1C1C(=NO)C2CCC1C2. The molecule has 1 saturated heterocycles. The molecule has 3 rings (SSSR count). The lowest BCUT2D eigenvalue weighted by Gasteiger charge is -2.42. The van der Waals surface area contributed by atoms with Crippen molar-refractivity contribution in [2.45, 2.75) is 50.6 Å². The molecular weight excluding hydrogens is 216 g/mol. The highest BCUT2D eigenvalue weighted by atomic mass is 16.4. The van der Waals surface area contributed by atoms with E-state index in [4.69, 9.17) is 0 Å². The minimum atomic E-state index is 0.243. The van der Waals surface area contributed by atoms with Gasteiger partial charge in [-0.15, -0.1) is 0 Å². The maximum atomic E-state index is 9.51. The summed E-state index contributed by atoms with van der Waals surface area (Å²) in [6.07, 6.45) is 7.17. The number of nitrogens with zero attached hydrogens (tertiary/aromatic N) is 2. The fourth-order valence-corrected chi connectivity index (χ4v) is 4.22. The lowest BCUT2D eigenvalue weighted by atomic mass is 9.89. The van der Waals surface area contributed by atoms with Gasteiger partial charge in [0.05, 0.1) is 18.4 Å². The summed E-state index contributed by atoms with van der Waals surface area (Å²) in [5, 5.41) is 22.3. The summed E-state index contributed by atoms with van der Waals surface area (Å²) >= 11 is 0. The van der Waals surface area contributed by atoms with E-state index < -0.39 is 0 Å². The van der Waals surface area contributed by atoms with Gasteiger partial charge >= 0.3 is 0 Å². The summed E-state index contributed by atoms with van der Waals surface area (Å²) < 4.78 is 0. The van der Waals surface area contributed by atoms with E-state index in [0.717, 1.165) is 18.7 Å². The predicted molar refractivity (Wildman–Crippen MR) is 65.3 cm³/mol. The van der Waals surface area contributed by atoms with Crippen molar-refractivity contribution in [3.63, 3.8) is 0 Å². The number of oxime groups is 1. The van der Waals surface area contributed by atoms with Gasteiger partial charge in [0.2, 0.25) is 0 Å². The molecule has 4 unspecified atom stereocenters. The maximum absolute atomic E-state index is 9.51. The Morgan fingerprint density at radius 3 is 2.88 bits per heavy atom. The fourth-order valence-electron chi connectivity index (χ4n) is 4.22. The van der Waals surface area contributed by atoms with Gasteiger partial charge in [-0.25, -0.2) is 0 Å². The number of aliphatic hydroxyl groups is 1. The van der Waals surface area contributed by atoms with Crippen LogP contribution in [0.25, 0.3) is 0 Å². The van der Waals surface area contributed by atoms with E-state index in [1.807, 2.05) is 0 Å². The fraction of sp³-hybridized carbons (Fsp3) is 0.923. The molecule has 4 heteroatoms. The molecule has 17 heavy (non-hydrogen) atoms. The number of hydrogen-bond acceptors (Lipinski definition) is 4. The second-order valence-electron chi connectivity index (χ2n) is 5.81. The Labute approximate surface area is 102 Å². The van der Waals surface area contributed by atoms with Crippen LogP contribution in [0.2, 0.25) is 0 Å². The highest BCUT2D eigenvalue weighted by Crippen LogP contribution is 2.46. The summed E-state index contributed by atoms with van der Waals surface area (Å²) in [5.41, 5.74) is 1.00. The van der Waals surface area contributed by atoms with Crippen LogP contribution in [-0.2, 0) is 0 Å². The van der Waals surface area contributed by atoms with E-state index >= 15 is 0 Å². The zero-order chi connectivity index (χ0) is 11.8. The topological polar surface area (TPSA) is 56.1 Å². The van der Waals surface area contributed by atoms with Gasteiger partial charge in [-0.3, -0.25) is 4.90 Å². The Balaban J connectivity index is 1.82. The zero-order valence-electron chi connectivity index (χ0n) is 10.3. The Hall–Kier alpha value is -0.610. The van der Waals surface area contributed by atoms with E-state index in [9.17, 15) is 10.3 Å². The van der Waals surface area contributed by atoms with Crippen molar-refractivity contribution in [1.29, 1.82) is 0 Å². The average molecular weight is 238 g/mol. The van der Waals surface area contributed by atoms with Crippen LogP contribution < -0.4 is 0 Å². The van der Waals surface area contributed by atoms with Gasteiger partial charge in [-0.2, -0.15) is 0 Å². The van der Waals surface area contributed by atoms with Crippen molar-refractivity contribution in [3.05, 3.63) is 0 Å². The van der Waals surface area contributed by atoms with Crippen molar-refractivity contribution in [1.82, 2.24) is 4.90 Å². The van der Waals surface area contributed by atoms with Crippen molar-refractivity contribution in [3.8, 4) is 0 Å². The standard InChI is InChI=1S/C13H22N2O2/c16-8-11-3-1-2-6-15(11)13-10-5-4-9(7-10)12(13)14-17/h9-11,13,16-17H,1-8H2. The minimum absolute atomic E-state index is 0.243. The monoisotopic (exact) mass is 238 g/mol. The Morgan fingerprint density at radius 1 is 1.24 bits per heavy atom. The minimum Gasteiger partial charge on any atom is -0.411 e. The van der Waals surface area contributed by atoms with Crippen LogP contribution in [-0.4, -0.2) is 46.2 Å². The van der Waals surface area contributed by atoms with Gasteiger partial charge < -0.3 is 10.3 Å². The van der Waals surface area contributed by atoms with Crippen LogP contribution in [0.3, 0.4) is 0 Å². The molecule has 2 aliphatic carbocycles. The molecular formula is C13H22N2O2. The van der Waals surface area contributed by atoms with Gasteiger partial charge in [-0.1, -0.05) is 11.6 Å². The molecule has 4 nitrogen and oxygen atoms in total. The first-order valence-corrected chi connectivity index (χ1v) is 6.93. The van der Waals surface area contributed by atoms with E-state index in [2.05, 4.69) is 10.1 Å². The zero-order valence-corrected chi connectivity index (χ0v) is 10.3. The highest BCUT2D eigenvalue weighted by molar-refractivity contribution is 5.94. The van der Waals surface area contributed by atoms with Crippen molar-refractivity contribution in [2.24, 2.45) is 17.0 Å². The molecule has 96 valence electrons. The van der Waals surface area contributed by atoms with Gasteiger partial charge in [-0.05, 0) is 44.6 Å². The molecule has 3 aliphatic rings. The third-order valence-corrected chi connectivity index (χ3v) is 5.00. The first-order chi connectivity index (χ1) is 8.35. The third kappa shape index (κ3) is 1.78. The number of likely N-dealkylation sites (tertiary alicyclic amines) is 1.